The first kappa shape index (κ1) is 17.0. The van der Waals surface area contributed by atoms with Crippen LogP contribution in [0, 0.1) is 0 Å². The van der Waals surface area contributed by atoms with Crippen molar-refractivity contribution >= 4 is 17.4 Å². The number of nitrogens with zero attached hydrogens (tertiary/aromatic N) is 3. The smallest absolute Gasteiger partial charge is 0.151 e. The van der Waals surface area contributed by atoms with Gasteiger partial charge in [-0.05, 0) is 44.0 Å². The number of para-hydroxylation sites is 1. The van der Waals surface area contributed by atoms with Crippen molar-refractivity contribution in [2.45, 2.75) is 31.8 Å². The van der Waals surface area contributed by atoms with E-state index in [9.17, 15) is 0 Å². The summed E-state index contributed by atoms with van der Waals surface area (Å²) in [5.41, 5.74) is 0. The minimum absolute atomic E-state index is 0.317. The van der Waals surface area contributed by atoms with Crippen LogP contribution in [0.25, 0.3) is 0 Å². The van der Waals surface area contributed by atoms with E-state index in [2.05, 4.69) is 27.3 Å². The number of benzene rings is 1. The zero-order chi connectivity index (χ0) is 16.8. The summed E-state index contributed by atoms with van der Waals surface area (Å²) < 4.78 is 5.81. The molecule has 2 heterocycles. The number of anilines is 1. The van der Waals surface area contributed by atoms with Crippen molar-refractivity contribution in [3.8, 4) is 5.75 Å². The van der Waals surface area contributed by atoms with Gasteiger partial charge in [0, 0.05) is 25.2 Å². The molecule has 1 fully saturated rings. The lowest BCUT2D eigenvalue weighted by atomic mass is 10.0. The first-order chi connectivity index (χ1) is 11.7. The van der Waals surface area contributed by atoms with Crippen molar-refractivity contribution in [2.75, 3.05) is 24.6 Å². The van der Waals surface area contributed by atoms with Crippen molar-refractivity contribution in [3.05, 3.63) is 47.6 Å². The van der Waals surface area contributed by atoms with Gasteiger partial charge in [0.25, 0.3) is 0 Å². The molecule has 1 aromatic carbocycles. The largest absolute Gasteiger partial charge is 0.492 e. The van der Waals surface area contributed by atoms with E-state index in [1.807, 2.05) is 36.4 Å². The average Bonchev–Trinajstić information content (AvgIpc) is 2.62. The van der Waals surface area contributed by atoms with E-state index < -0.39 is 0 Å². The molecule has 3 rings (SSSR count). The van der Waals surface area contributed by atoms with Gasteiger partial charge in [0.1, 0.15) is 12.4 Å². The molecule has 5 nitrogen and oxygen atoms in total. The van der Waals surface area contributed by atoms with Crippen molar-refractivity contribution in [1.29, 1.82) is 0 Å². The van der Waals surface area contributed by atoms with E-state index in [1.165, 1.54) is 0 Å². The number of hydrogen-bond donors (Lipinski definition) is 1. The quantitative estimate of drug-likeness (QED) is 0.870. The molecule has 6 heteroatoms. The molecule has 1 atom stereocenters. The molecule has 1 aliphatic heterocycles. The standard InChI is InChI=1S/C18H23ClN4O/c1-14(13-24-16-5-3-2-4-6-16)20-15-9-11-23(12-10-15)18-8-7-17(19)21-22-18/h2-8,14-15,20H,9-13H2,1H3/t14-/m0/s1. The van der Waals surface area contributed by atoms with Crippen LogP contribution in [-0.4, -0.2) is 42.0 Å². The summed E-state index contributed by atoms with van der Waals surface area (Å²) in [5.74, 6) is 1.82. The Morgan fingerprint density at radius 2 is 1.92 bits per heavy atom. The third-order valence-electron chi connectivity index (χ3n) is 4.20. The van der Waals surface area contributed by atoms with Crippen LogP contribution in [0.2, 0.25) is 5.15 Å². The van der Waals surface area contributed by atoms with E-state index in [4.69, 9.17) is 16.3 Å². The van der Waals surface area contributed by atoms with Gasteiger partial charge in [0.2, 0.25) is 0 Å². The summed E-state index contributed by atoms with van der Waals surface area (Å²) in [6.07, 6.45) is 2.17. The number of hydrogen-bond acceptors (Lipinski definition) is 5. The number of aromatic nitrogens is 2. The van der Waals surface area contributed by atoms with Crippen LogP contribution < -0.4 is 15.0 Å². The average molecular weight is 347 g/mol. The number of rotatable bonds is 6. The van der Waals surface area contributed by atoms with Gasteiger partial charge in [-0.2, -0.15) is 0 Å². The second kappa shape index (κ2) is 8.31. The van der Waals surface area contributed by atoms with E-state index in [0.717, 1.165) is 37.5 Å². The van der Waals surface area contributed by atoms with E-state index >= 15 is 0 Å². The molecule has 24 heavy (non-hydrogen) atoms. The number of piperidine rings is 1. The molecule has 0 aliphatic carbocycles. The first-order valence-electron chi connectivity index (χ1n) is 8.39. The summed E-state index contributed by atoms with van der Waals surface area (Å²) in [6.45, 7) is 4.79. The van der Waals surface area contributed by atoms with Crippen LogP contribution >= 0.6 is 11.6 Å². The number of nitrogens with one attached hydrogen (secondary N) is 1. The number of ether oxygens (including phenoxy) is 1. The molecular weight excluding hydrogens is 324 g/mol. The Kier molecular flexibility index (Phi) is 5.88. The van der Waals surface area contributed by atoms with Crippen molar-refractivity contribution in [1.82, 2.24) is 15.5 Å². The Balaban J connectivity index is 1.41. The fourth-order valence-electron chi connectivity index (χ4n) is 2.94. The highest BCUT2D eigenvalue weighted by Gasteiger charge is 2.21. The van der Waals surface area contributed by atoms with Crippen LogP contribution in [0.1, 0.15) is 19.8 Å². The number of halogens is 1. The Labute approximate surface area is 148 Å². The lowest BCUT2D eigenvalue weighted by Gasteiger charge is -2.34. The topological polar surface area (TPSA) is 50.3 Å². The minimum Gasteiger partial charge on any atom is -0.492 e. The molecule has 0 amide bonds. The van der Waals surface area contributed by atoms with Crippen LogP contribution in [0.4, 0.5) is 5.82 Å². The summed E-state index contributed by atoms with van der Waals surface area (Å²) in [6, 6.07) is 14.5. The van der Waals surface area contributed by atoms with Crippen molar-refractivity contribution in [3.63, 3.8) is 0 Å². The van der Waals surface area contributed by atoms with Gasteiger partial charge in [-0.25, -0.2) is 0 Å². The molecular formula is C18H23ClN4O. The van der Waals surface area contributed by atoms with Crippen LogP contribution in [0.5, 0.6) is 5.75 Å². The second-order valence-electron chi connectivity index (χ2n) is 6.17. The van der Waals surface area contributed by atoms with Crippen LogP contribution in [0.3, 0.4) is 0 Å². The van der Waals surface area contributed by atoms with Crippen molar-refractivity contribution in [2.24, 2.45) is 0 Å². The predicted octanol–water partition coefficient (Wildman–Crippen LogP) is 3.16. The molecule has 0 saturated carbocycles. The van der Waals surface area contributed by atoms with Gasteiger partial charge in [-0.1, -0.05) is 29.8 Å². The van der Waals surface area contributed by atoms with E-state index in [0.29, 0.717) is 23.8 Å². The highest BCUT2D eigenvalue weighted by molar-refractivity contribution is 6.29. The highest BCUT2D eigenvalue weighted by Crippen LogP contribution is 2.18. The van der Waals surface area contributed by atoms with Gasteiger partial charge in [-0.15, -0.1) is 10.2 Å². The maximum Gasteiger partial charge on any atom is 0.151 e. The predicted molar refractivity (Wildman–Crippen MR) is 96.8 cm³/mol. The third-order valence-corrected chi connectivity index (χ3v) is 4.40. The summed E-state index contributed by atoms with van der Waals surface area (Å²) >= 11 is 5.79. The molecule has 1 saturated heterocycles. The maximum atomic E-state index is 5.81. The van der Waals surface area contributed by atoms with E-state index in [-0.39, 0.29) is 0 Å². The van der Waals surface area contributed by atoms with Crippen LogP contribution in [0.15, 0.2) is 42.5 Å². The minimum atomic E-state index is 0.317. The third kappa shape index (κ3) is 4.82. The fraction of sp³-hybridized carbons (Fsp3) is 0.444. The molecule has 1 aromatic heterocycles. The van der Waals surface area contributed by atoms with E-state index in [1.54, 1.807) is 6.07 Å². The van der Waals surface area contributed by atoms with Gasteiger partial charge in [-0.3, -0.25) is 0 Å². The Bertz CT molecular complexity index is 615. The maximum absolute atomic E-state index is 5.81. The molecule has 0 spiro atoms. The van der Waals surface area contributed by atoms with Gasteiger partial charge >= 0.3 is 0 Å². The normalized spacial score (nSPS) is 16.8. The van der Waals surface area contributed by atoms with Crippen LogP contribution in [-0.2, 0) is 0 Å². The van der Waals surface area contributed by atoms with Gasteiger partial charge < -0.3 is 15.0 Å². The lowest BCUT2D eigenvalue weighted by Crippen LogP contribution is -2.47. The molecule has 128 valence electrons. The summed E-state index contributed by atoms with van der Waals surface area (Å²) in [7, 11) is 0. The SMILES string of the molecule is C[C@@H](COc1ccccc1)NC1CCN(c2ccc(Cl)nn2)CC1. The second-order valence-corrected chi connectivity index (χ2v) is 6.55. The molecule has 1 N–H and O–H groups in total. The Hall–Kier alpha value is -1.85. The molecule has 0 unspecified atom stereocenters. The lowest BCUT2D eigenvalue weighted by molar-refractivity contribution is 0.251. The highest BCUT2D eigenvalue weighted by atomic mass is 35.5. The monoisotopic (exact) mass is 346 g/mol. The molecule has 1 aliphatic rings. The first-order valence-corrected chi connectivity index (χ1v) is 8.76. The summed E-state index contributed by atoms with van der Waals surface area (Å²) in [5, 5.41) is 12.2. The Morgan fingerprint density at radius 1 is 1.17 bits per heavy atom. The van der Waals surface area contributed by atoms with Gasteiger partial charge in [0.15, 0.2) is 11.0 Å². The molecule has 2 aromatic rings. The Morgan fingerprint density at radius 3 is 2.58 bits per heavy atom. The molecule has 0 bridgehead atoms. The zero-order valence-electron chi connectivity index (χ0n) is 13.9. The van der Waals surface area contributed by atoms with Gasteiger partial charge in [0.05, 0.1) is 0 Å². The van der Waals surface area contributed by atoms with Crippen molar-refractivity contribution < 1.29 is 4.74 Å². The molecule has 0 radical (unpaired) electrons. The zero-order valence-corrected chi connectivity index (χ0v) is 14.6. The summed E-state index contributed by atoms with van der Waals surface area (Å²) in [4.78, 5) is 2.26. The fourth-order valence-corrected chi connectivity index (χ4v) is 3.04.